The van der Waals surface area contributed by atoms with Crippen molar-refractivity contribution in [3.8, 4) is 0 Å². The highest BCUT2D eigenvalue weighted by Gasteiger charge is 2.23. The minimum absolute atomic E-state index is 0.0332. The molecule has 3 heteroatoms. The topological polar surface area (TPSA) is 43.7 Å². The minimum Gasteiger partial charge on any atom is -0.395 e. The van der Waals surface area contributed by atoms with Gasteiger partial charge in [0.25, 0.3) is 0 Å². The molecule has 0 spiro atoms. The zero-order chi connectivity index (χ0) is 24.4. The Balaban J connectivity index is 4.13. The zero-order valence-electron chi connectivity index (χ0n) is 22.9. The Morgan fingerprint density at radius 3 is 1.39 bits per heavy atom. The molecule has 2 N–H and O–H groups in total. The van der Waals surface area contributed by atoms with Crippen molar-refractivity contribution in [1.29, 1.82) is 0 Å². The van der Waals surface area contributed by atoms with Gasteiger partial charge < -0.3 is 10.2 Å². The quantitative estimate of drug-likeness (QED) is 0.0990. The number of nitrogens with zero attached hydrogens (tertiary/aromatic N) is 1. The molecule has 0 heterocycles. The van der Waals surface area contributed by atoms with E-state index in [1.54, 1.807) is 0 Å². The van der Waals surface area contributed by atoms with Crippen LogP contribution < -0.4 is 0 Å². The van der Waals surface area contributed by atoms with E-state index in [9.17, 15) is 10.2 Å². The summed E-state index contributed by atoms with van der Waals surface area (Å²) in [7, 11) is 0. The van der Waals surface area contributed by atoms with Gasteiger partial charge in [0, 0.05) is 0 Å². The van der Waals surface area contributed by atoms with E-state index in [1.807, 2.05) is 6.08 Å². The van der Waals surface area contributed by atoms with Crippen LogP contribution in [0.15, 0.2) is 12.2 Å². The van der Waals surface area contributed by atoms with E-state index in [4.69, 9.17) is 0 Å². The molecule has 2 atom stereocenters. The molecule has 0 saturated heterocycles. The molecule has 0 fully saturated rings. The normalized spacial score (nSPS) is 13.9. The summed E-state index contributed by atoms with van der Waals surface area (Å²) in [5.41, 5.74) is 0. The number of aliphatic hydroxyl groups is 2. The Kier molecular flexibility index (Phi) is 25.9. The predicted molar refractivity (Wildman–Crippen MR) is 147 cm³/mol. The molecule has 0 aromatic carbocycles. The molecular weight excluding hydrogens is 406 g/mol. The van der Waals surface area contributed by atoms with Crippen molar-refractivity contribution in [2.45, 2.75) is 161 Å². The van der Waals surface area contributed by atoms with E-state index in [0.29, 0.717) is 0 Å². The van der Waals surface area contributed by atoms with E-state index in [2.05, 4.69) is 31.7 Å². The molecule has 33 heavy (non-hydrogen) atoms. The summed E-state index contributed by atoms with van der Waals surface area (Å²) >= 11 is 0. The van der Waals surface area contributed by atoms with Crippen molar-refractivity contribution in [3.63, 3.8) is 0 Å². The monoisotopic (exact) mass is 467 g/mol. The lowest BCUT2D eigenvalue weighted by molar-refractivity contribution is 0.0369. The number of rotatable bonds is 26. The molecule has 0 rings (SSSR count). The smallest absolute Gasteiger partial charge is 0.0898 e. The summed E-state index contributed by atoms with van der Waals surface area (Å²) in [6.45, 7) is 8.76. The maximum Gasteiger partial charge on any atom is 0.0898 e. The maximum atomic E-state index is 10.8. The first-order valence-corrected chi connectivity index (χ1v) is 14.9. The largest absolute Gasteiger partial charge is 0.395 e. The van der Waals surface area contributed by atoms with Gasteiger partial charge in [0.15, 0.2) is 0 Å². The molecule has 3 nitrogen and oxygen atoms in total. The van der Waals surface area contributed by atoms with Gasteiger partial charge in [0.05, 0.1) is 18.8 Å². The third-order valence-corrected chi connectivity index (χ3v) is 6.96. The zero-order valence-corrected chi connectivity index (χ0v) is 22.9. The number of allylic oxidation sites excluding steroid dienone is 1. The van der Waals surface area contributed by atoms with Gasteiger partial charge in [0.1, 0.15) is 0 Å². The van der Waals surface area contributed by atoms with Crippen LogP contribution in [0.4, 0.5) is 0 Å². The van der Waals surface area contributed by atoms with Crippen LogP contribution in [0.25, 0.3) is 0 Å². The summed E-state index contributed by atoms with van der Waals surface area (Å²) in [5, 5.41) is 20.8. The maximum absolute atomic E-state index is 10.8. The number of aliphatic hydroxyl groups excluding tert-OH is 2. The molecule has 0 bridgehead atoms. The van der Waals surface area contributed by atoms with Crippen molar-refractivity contribution < 1.29 is 10.2 Å². The number of hydrogen-bond acceptors (Lipinski definition) is 3. The first-order valence-electron chi connectivity index (χ1n) is 14.9. The summed E-state index contributed by atoms with van der Waals surface area (Å²) in [5.74, 6) is 0. The summed E-state index contributed by atoms with van der Waals surface area (Å²) < 4.78 is 0. The van der Waals surface area contributed by atoms with Gasteiger partial charge in [-0.25, -0.2) is 0 Å². The second kappa shape index (κ2) is 26.2. The predicted octanol–water partition coefficient (Wildman–Crippen LogP) is 8.43. The van der Waals surface area contributed by atoms with Gasteiger partial charge >= 0.3 is 0 Å². The van der Waals surface area contributed by atoms with Crippen LogP contribution in [0.5, 0.6) is 0 Å². The Hall–Kier alpha value is -0.380. The molecule has 0 unspecified atom stereocenters. The van der Waals surface area contributed by atoms with Crippen LogP contribution in [-0.4, -0.2) is 47.0 Å². The van der Waals surface area contributed by atoms with Crippen LogP contribution in [0, 0.1) is 0 Å². The average molecular weight is 468 g/mol. The van der Waals surface area contributed by atoms with Gasteiger partial charge in [-0.1, -0.05) is 136 Å². The minimum atomic E-state index is -0.569. The summed E-state index contributed by atoms with van der Waals surface area (Å²) in [6.07, 6.45) is 29.4. The molecule has 0 radical (unpaired) electrons. The number of unbranched alkanes of at least 4 members (excludes halogenated alkanes) is 17. The molecule has 0 aromatic rings. The lowest BCUT2D eigenvalue weighted by atomic mass is 10.0. The van der Waals surface area contributed by atoms with Crippen molar-refractivity contribution in [2.24, 2.45) is 0 Å². The van der Waals surface area contributed by atoms with E-state index in [-0.39, 0.29) is 12.6 Å². The molecule has 0 aliphatic carbocycles. The van der Waals surface area contributed by atoms with Crippen LogP contribution in [0.2, 0.25) is 0 Å². The second-order valence-corrected chi connectivity index (χ2v) is 10.2. The fourth-order valence-corrected chi connectivity index (χ4v) is 4.66. The van der Waals surface area contributed by atoms with Crippen molar-refractivity contribution in [1.82, 2.24) is 4.90 Å². The Morgan fingerprint density at radius 1 is 0.576 bits per heavy atom. The van der Waals surface area contributed by atoms with Gasteiger partial charge in [-0.3, -0.25) is 4.90 Å². The third-order valence-electron chi connectivity index (χ3n) is 6.96. The van der Waals surface area contributed by atoms with E-state index >= 15 is 0 Å². The highest BCUT2D eigenvalue weighted by atomic mass is 16.3. The molecule has 0 amide bonds. The lowest BCUT2D eigenvalue weighted by Crippen LogP contribution is -2.46. The van der Waals surface area contributed by atoms with Crippen molar-refractivity contribution in [2.75, 3.05) is 19.7 Å². The highest BCUT2D eigenvalue weighted by molar-refractivity contribution is 4.96. The SMILES string of the molecule is CCCCCCCCCCCCCC=C[C@@H](O)[C@H](CO)N(CCCCCC)CCCCCC. The summed E-state index contributed by atoms with van der Waals surface area (Å²) in [6, 6.07) is -0.165. The Labute approximate surface area is 208 Å². The Bertz CT molecular complexity index is 387. The molecule has 0 aliphatic rings. The third kappa shape index (κ3) is 20.7. The van der Waals surface area contributed by atoms with Crippen molar-refractivity contribution >= 4 is 0 Å². The lowest BCUT2D eigenvalue weighted by Gasteiger charge is -2.33. The van der Waals surface area contributed by atoms with Crippen LogP contribution in [0.3, 0.4) is 0 Å². The molecule has 0 saturated carbocycles. The van der Waals surface area contributed by atoms with Gasteiger partial charge in [-0.05, 0) is 38.8 Å². The average Bonchev–Trinajstić information content (AvgIpc) is 2.82. The summed E-state index contributed by atoms with van der Waals surface area (Å²) in [4.78, 5) is 2.35. The number of hydrogen-bond donors (Lipinski definition) is 2. The molecule has 0 aliphatic heterocycles. The van der Waals surface area contributed by atoms with Gasteiger partial charge in [-0.15, -0.1) is 0 Å². The Morgan fingerprint density at radius 2 is 0.970 bits per heavy atom. The van der Waals surface area contributed by atoms with E-state index in [1.165, 1.54) is 109 Å². The second-order valence-electron chi connectivity index (χ2n) is 10.2. The van der Waals surface area contributed by atoms with Gasteiger partial charge in [-0.2, -0.15) is 0 Å². The molecule has 198 valence electrons. The first-order chi connectivity index (χ1) is 16.2. The van der Waals surface area contributed by atoms with E-state index < -0.39 is 6.10 Å². The fraction of sp³-hybridized carbons (Fsp3) is 0.933. The van der Waals surface area contributed by atoms with Crippen LogP contribution in [0.1, 0.15) is 149 Å². The van der Waals surface area contributed by atoms with Gasteiger partial charge in [0.2, 0.25) is 0 Å². The highest BCUT2D eigenvalue weighted by Crippen LogP contribution is 2.14. The van der Waals surface area contributed by atoms with Crippen molar-refractivity contribution in [3.05, 3.63) is 12.2 Å². The first kappa shape index (κ1) is 32.6. The standard InChI is InChI=1S/C30H61NO2/c1-4-7-10-13-14-15-16-17-18-19-20-21-22-25-30(33)29(28-32)31(26-23-11-8-5-2)27-24-12-9-6-3/h22,25,29-30,32-33H,4-21,23-24,26-28H2,1-3H3/t29-,30+/m0/s1. The van der Waals surface area contributed by atoms with E-state index in [0.717, 1.165) is 32.4 Å². The van der Waals surface area contributed by atoms with Crippen LogP contribution in [-0.2, 0) is 0 Å². The molecular formula is C30H61NO2. The van der Waals surface area contributed by atoms with Crippen LogP contribution >= 0.6 is 0 Å². The molecule has 0 aromatic heterocycles. The fourth-order valence-electron chi connectivity index (χ4n) is 4.66.